The van der Waals surface area contributed by atoms with Crippen molar-refractivity contribution in [3.63, 3.8) is 0 Å². The number of nitrogens with one attached hydrogen (secondary N) is 1. The first-order valence-electron chi connectivity index (χ1n) is 9.61. The van der Waals surface area contributed by atoms with E-state index < -0.39 is 16.7 Å². The summed E-state index contributed by atoms with van der Waals surface area (Å²) in [5, 5.41) is 13.1. The minimum atomic E-state index is -0.634. The molecule has 0 aliphatic carbocycles. The van der Waals surface area contributed by atoms with Gasteiger partial charge in [0.25, 0.3) is 17.5 Å². The number of para-hydroxylation sites is 1. The number of ether oxygens (including phenoxy) is 1. The molecule has 33 heavy (non-hydrogen) atoms. The number of nitro benzene ring substituents is 1. The Bertz CT molecular complexity index is 1290. The van der Waals surface area contributed by atoms with Crippen LogP contribution in [0.3, 0.4) is 0 Å². The summed E-state index contributed by atoms with van der Waals surface area (Å²) in [5.74, 6) is -0.975. The van der Waals surface area contributed by atoms with E-state index in [0.29, 0.717) is 21.3 Å². The van der Waals surface area contributed by atoms with E-state index in [4.69, 9.17) is 27.9 Å². The SMILES string of the molecule is O=C1NN(c2ccccc2)C(=O)/C1=C\c1cc([N+](=O)[O-])ccc1OCc1ccc(Cl)c(Cl)c1. The zero-order chi connectivity index (χ0) is 23.5. The van der Waals surface area contributed by atoms with Crippen LogP contribution < -0.4 is 15.2 Å². The van der Waals surface area contributed by atoms with Crippen LogP contribution in [0.15, 0.2) is 72.3 Å². The van der Waals surface area contributed by atoms with Crippen LogP contribution in [0.2, 0.25) is 10.0 Å². The van der Waals surface area contributed by atoms with Gasteiger partial charge in [-0.1, -0.05) is 47.5 Å². The first-order chi connectivity index (χ1) is 15.8. The highest BCUT2D eigenvalue weighted by Gasteiger charge is 2.34. The van der Waals surface area contributed by atoms with Gasteiger partial charge >= 0.3 is 0 Å². The predicted octanol–water partition coefficient (Wildman–Crippen LogP) is 4.94. The first-order valence-corrected chi connectivity index (χ1v) is 10.4. The fourth-order valence-electron chi connectivity index (χ4n) is 3.16. The maximum atomic E-state index is 12.9. The Balaban J connectivity index is 1.66. The molecule has 1 fully saturated rings. The molecule has 0 atom stereocenters. The van der Waals surface area contributed by atoms with Gasteiger partial charge in [-0.2, -0.15) is 0 Å². The molecule has 166 valence electrons. The van der Waals surface area contributed by atoms with Gasteiger partial charge in [0.15, 0.2) is 0 Å². The van der Waals surface area contributed by atoms with Gasteiger partial charge in [-0.05, 0) is 42.0 Å². The van der Waals surface area contributed by atoms with Crippen molar-refractivity contribution in [1.29, 1.82) is 0 Å². The van der Waals surface area contributed by atoms with Crippen LogP contribution in [0.5, 0.6) is 5.75 Å². The third kappa shape index (κ3) is 4.82. The molecule has 2 amide bonds. The molecule has 1 aliphatic rings. The van der Waals surface area contributed by atoms with Gasteiger partial charge in [0.05, 0.1) is 20.7 Å². The van der Waals surface area contributed by atoms with Crippen molar-refractivity contribution in [2.75, 3.05) is 5.01 Å². The largest absolute Gasteiger partial charge is 0.488 e. The topological polar surface area (TPSA) is 102 Å². The summed E-state index contributed by atoms with van der Waals surface area (Å²) in [7, 11) is 0. The number of hydrogen-bond acceptors (Lipinski definition) is 5. The molecule has 3 aromatic carbocycles. The fourth-order valence-corrected chi connectivity index (χ4v) is 3.48. The van der Waals surface area contributed by atoms with Gasteiger partial charge in [-0.15, -0.1) is 0 Å². The van der Waals surface area contributed by atoms with E-state index in [1.54, 1.807) is 48.5 Å². The lowest BCUT2D eigenvalue weighted by molar-refractivity contribution is -0.384. The highest BCUT2D eigenvalue weighted by atomic mass is 35.5. The molecular weight excluding hydrogens is 469 g/mol. The summed E-state index contributed by atoms with van der Waals surface area (Å²) in [4.78, 5) is 36.1. The van der Waals surface area contributed by atoms with E-state index in [1.165, 1.54) is 24.3 Å². The number of nitro groups is 1. The zero-order valence-corrected chi connectivity index (χ0v) is 18.3. The quantitative estimate of drug-likeness (QED) is 0.231. The summed E-state index contributed by atoms with van der Waals surface area (Å²) in [5.41, 5.74) is 3.50. The van der Waals surface area contributed by atoms with Crippen LogP contribution in [-0.2, 0) is 16.2 Å². The van der Waals surface area contributed by atoms with Crippen molar-refractivity contribution in [3.8, 4) is 5.75 Å². The van der Waals surface area contributed by atoms with Crippen molar-refractivity contribution in [3.05, 3.63) is 104 Å². The first kappa shape index (κ1) is 22.3. The lowest BCUT2D eigenvalue weighted by Crippen LogP contribution is -2.35. The summed E-state index contributed by atoms with van der Waals surface area (Å²) in [6.45, 7) is 0.0845. The number of nitrogens with zero attached hydrogens (tertiary/aromatic N) is 2. The Kier molecular flexibility index (Phi) is 6.30. The predicted molar refractivity (Wildman–Crippen MR) is 124 cm³/mol. The lowest BCUT2D eigenvalue weighted by atomic mass is 10.1. The van der Waals surface area contributed by atoms with Crippen molar-refractivity contribution >= 4 is 52.5 Å². The molecule has 1 aliphatic heterocycles. The van der Waals surface area contributed by atoms with E-state index >= 15 is 0 Å². The Hall–Kier alpha value is -3.88. The highest BCUT2D eigenvalue weighted by molar-refractivity contribution is 6.42. The second-order valence-corrected chi connectivity index (χ2v) is 7.81. The average molecular weight is 484 g/mol. The Morgan fingerprint density at radius 2 is 1.76 bits per heavy atom. The molecule has 0 unspecified atom stereocenters. The van der Waals surface area contributed by atoms with Crippen LogP contribution in [0.25, 0.3) is 6.08 Å². The minimum absolute atomic E-state index is 0.0845. The minimum Gasteiger partial charge on any atom is -0.488 e. The maximum absolute atomic E-state index is 12.9. The van der Waals surface area contributed by atoms with Crippen LogP contribution in [-0.4, -0.2) is 16.7 Å². The van der Waals surface area contributed by atoms with Gasteiger partial charge in [0.1, 0.15) is 17.9 Å². The van der Waals surface area contributed by atoms with E-state index in [2.05, 4.69) is 5.43 Å². The fraction of sp³-hybridized carbons (Fsp3) is 0.0435. The monoisotopic (exact) mass is 483 g/mol. The average Bonchev–Trinajstić information content (AvgIpc) is 3.09. The molecule has 0 radical (unpaired) electrons. The lowest BCUT2D eigenvalue weighted by Gasteiger charge is -2.14. The smallest absolute Gasteiger partial charge is 0.282 e. The number of non-ortho nitro benzene ring substituents is 1. The van der Waals surface area contributed by atoms with E-state index in [1.807, 2.05) is 0 Å². The highest BCUT2D eigenvalue weighted by Crippen LogP contribution is 2.30. The Labute approximate surface area is 198 Å². The summed E-state index contributed by atoms with van der Waals surface area (Å²) >= 11 is 12.0. The zero-order valence-electron chi connectivity index (χ0n) is 16.8. The van der Waals surface area contributed by atoms with Crippen molar-refractivity contribution in [1.82, 2.24) is 5.43 Å². The third-order valence-electron chi connectivity index (χ3n) is 4.79. The van der Waals surface area contributed by atoms with Gasteiger partial charge in [0.2, 0.25) is 0 Å². The molecule has 3 aromatic rings. The molecule has 0 bridgehead atoms. The summed E-state index contributed by atoms with van der Waals surface area (Å²) in [6.07, 6.45) is 1.28. The van der Waals surface area contributed by atoms with Crippen LogP contribution in [0.4, 0.5) is 11.4 Å². The molecule has 1 N–H and O–H groups in total. The second kappa shape index (κ2) is 9.32. The molecule has 8 nitrogen and oxygen atoms in total. The third-order valence-corrected chi connectivity index (χ3v) is 5.53. The number of rotatable bonds is 6. The van der Waals surface area contributed by atoms with E-state index in [-0.39, 0.29) is 29.2 Å². The van der Waals surface area contributed by atoms with E-state index in [0.717, 1.165) is 5.01 Å². The summed E-state index contributed by atoms with van der Waals surface area (Å²) in [6, 6.07) is 17.5. The van der Waals surface area contributed by atoms with Crippen molar-refractivity contribution in [2.24, 2.45) is 0 Å². The molecule has 0 saturated carbocycles. The molecule has 0 aromatic heterocycles. The molecule has 1 heterocycles. The molecular formula is C23H15Cl2N3O5. The number of carbonyl (C=O) groups excluding carboxylic acids is 2. The molecule has 0 spiro atoms. The second-order valence-electron chi connectivity index (χ2n) is 6.99. The molecule has 4 rings (SSSR count). The van der Waals surface area contributed by atoms with E-state index in [9.17, 15) is 19.7 Å². The van der Waals surface area contributed by atoms with Crippen LogP contribution >= 0.6 is 23.2 Å². The summed E-state index contributed by atoms with van der Waals surface area (Å²) < 4.78 is 5.82. The van der Waals surface area contributed by atoms with Crippen molar-refractivity contribution < 1.29 is 19.2 Å². The number of hydrazine groups is 1. The Morgan fingerprint density at radius 1 is 1.00 bits per heavy atom. The van der Waals surface area contributed by atoms with Crippen molar-refractivity contribution in [2.45, 2.75) is 6.61 Å². The van der Waals surface area contributed by atoms with Gasteiger partial charge in [-0.3, -0.25) is 25.1 Å². The van der Waals surface area contributed by atoms with Crippen LogP contribution in [0, 0.1) is 10.1 Å². The molecule has 10 heteroatoms. The number of benzene rings is 3. The number of halogens is 2. The Morgan fingerprint density at radius 3 is 2.45 bits per heavy atom. The number of carbonyl (C=O) groups is 2. The maximum Gasteiger partial charge on any atom is 0.282 e. The van der Waals surface area contributed by atoms with Gasteiger partial charge in [0, 0.05) is 17.7 Å². The number of hydrogen-bond donors (Lipinski definition) is 1. The van der Waals surface area contributed by atoms with Gasteiger partial charge in [-0.25, -0.2) is 5.01 Å². The number of amides is 2. The standard InChI is InChI=1S/C23H15Cl2N3O5/c24-19-8-6-14(10-20(19)25)13-33-21-9-7-17(28(31)32)11-15(21)12-18-22(29)26-27(23(18)30)16-4-2-1-3-5-16/h1-12H,13H2,(H,26,29)/b18-12-. The van der Waals surface area contributed by atoms with Gasteiger partial charge < -0.3 is 4.74 Å². The number of anilines is 1. The normalized spacial score (nSPS) is 14.5. The molecule has 1 saturated heterocycles. The van der Waals surface area contributed by atoms with Crippen LogP contribution in [0.1, 0.15) is 11.1 Å².